The van der Waals surface area contributed by atoms with Gasteiger partial charge in [-0.25, -0.2) is 0 Å². The number of hydrogen-bond acceptors (Lipinski definition) is 1. The fourth-order valence-corrected chi connectivity index (χ4v) is 1.62. The molecular formula is C8H3BrClF5O. The third-order valence-electron chi connectivity index (χ3n) is 1.41. The predicted molar refractivity (Wildman–Crippen MR) is 50.8 cm³/mol. The molecule has 0 bridgehead atoms. The summed E-state index contributed by atoms with van der Waals surface area (Å²) >= 11 is 8.34. The lowest BCUT2D eigenvalue weighted by Gasteiger charge is -2.20. The maximum absolute atomic E-state index is 12.5. The van der Waals surface area contributed by atoms with Crippen LogP contribution in [0.2, 0.25) is 5.02 Å². The van der Waals surface area contributed by atoms with E-state index in [2.05, 4.69) is 20.7 Å². The lowest BCUT2D eigenvalue weighted by atomic mass is 10.3. The number of benzene rings is 1. The van der Waals surface area contributed by atoms with Crippen LogP contribution in [0.5, 0.6) is 5.75 Å². The van der Waals surface area contributed by atoms with Crippen LogP contribution < -0.4 is 4.74 Å². The van der Waals surface area contributed by atoms with Crippen molar-refractivity contribution >= 4 is 27.5 Å². The van der Waals surface area contributed by atoms with Gasteiger partial charge in [0, 0.05) is 9.50 Å². The minimum atomic E-state index is -5.78. The number of halogens is 7. The first-order valence-corrected chi connectivity index (χ1v) is 4.88. The van der Waals surface area contributed by atoms with Gasteiger partial charge in [-0.3, -0.25) is 0 Å². The van der Waals surface area contributed by atoms with Crippen molar-refractivity contribution in [3.63, 3.8) is 0 Å². The van der Waals surface area contributed by atoms with Gasteiger partial charge in [0.05, 0.1) is 0 Å². The zero-order chi connectivity index (χ0) is 12.6. The molecule has 0 spiro atoms. The first-order valence-electron chi connectivity index (χ1n) is 3.71. The second-order valence-corrected chi connectivity index (χ2v) is 4.07. The molecule has 0 saturated carbocycles. The summed E-state index contributed by atoms with van der Waals surface area (Å²) in [5, 5.41) is -0.0256. The SMILES string of the molecule is FC(F)(F)C(F)(F)Oc1cc(Cl)cc(Br)c1. The van der Waals surface area contributed by atoms with Crippen molar-refractivity contribution in [1.29, 1.82) is 0 Å². The fourth-order valence-electron chi connectivity index (χ4n) is 0.793. The maximum Gasteiger partial charge on any atom is 0.499 e. The fraction of sp³-hybridized carbons (Fsp3) is 0.250. The predicted octanol–water partition coefficient (Wildman–Crippen LogP) is 4.64. The summed E-state index contributed by atoms with van der Waals surface area (Å²) in [6, 6.07) is 3.12. The molecule has 8 heteroatoms. The second-order valence-electron chi connectivity index (χ2n) is 2.72. The van der Waals surface area contributed by atoms with Crippen molar-refractivity contribution in [3.05, 3.63) is 27.7 Å². The molecule has 0 amide bonds. The van der Waals surface area contributed by atoms with Gasteiger partial charge in [-0.05, 0) is 18.2 Å². The Hall–Kier alpha value is -0.560. The Balaban J connectivity index is 2.96. The first-order chi connectivity index (χ1) is 7.12. The van der Waals surface area contributed by atoms with E-state index in [1.54, 1.807) is 0 Å². The number of ether oxygens (including phenoxy) is 1. The normalized spacial score (nSPS) is 12.7. The molecule has 0 saturated heterocycles. The van der Waals surface area contributed by atoms with Gasteiger partial charge in [0.1, 0.15) is 5.75 Å². The van der Waals surface area contributed by atoms with E-state index in [9.17, 15) is 22.0 Å². The summed E-state index contributed by atoms with van der Waals surface area (Å²) in [4.78, 5) is 0. The summed E-state index contributed by atoms with van der Waals surface area (Å²) in [7, 11) is 0. The Bertz CT molecular complexity index is 372. The van der Waals surface area contributed by atoms with Crippen molar-refractivity contribution in [2.45, 2.75) is 12.3 Å². The van der Waals surface area contributed by atoms with Crippen LogP contribution in [-0.4, -0.2) is 12.3 Å². The molecule has 0 atom stereocenters. The van der Waals surface area contributed by atoms with Crippen LogP contribution >= 0.6 is 27.5 Å². The molecule has 1 rings (SSSR count). The minimum absolute atomic E-state index is 0.0256. The Morgan fingerprint density at radius 3 is 2.06 bits per heavy atom. The highest BCUT2D eigenvalue weighted by Gasteiger charge is 2.61. The molecule has 1 aromatic carbocycles. The molecule has 0 aliphatic carbocycles. The van der Waals surface area contributed by atoms with Gasteiger partial charge in [0.2, 0.25) is 0 Å². The third-order valence-corrected chi connectivity index (χ3v) is 2.09. The average Bonchev–Trinajstić information content (AvgIpc) is 1.97. The molecule has 0 aliphatic heterocycles. The highest BCUT2D eigenvalue weighted by atomic mass is 79.9. The van der Waals surface area contributed by atoms with E-state index in [1.807, 2.05) is 0 Å². The van der Waals surface area contributed by atoms with E-state index in [-0.39, 0.29) is 9.50 Å². The molecule has 0 radical (unpaired) electrons. The number of alkyl halides is 5. The molecule has 0 fully saturated rings. The Morgan fingerprint density at radius 1 is 1.06 bits per heavy atom. The maximum atomic E-state index is 12.5. The van der Waals surface area contributed by atoms with Gasteiger partial charge in [-0.1, -0.05) is 27.5 Å². The van der Waals surface area contributed by atoms with E-state index in [1.165, 1.54) is 6.07 Å². The highest BCUT2D eigenvalue weighted by Crippen LogP contribution is 2.38. The monoisotopic (exact) mass is 324 g/mol. The van der Waals surface area contributed by atoms with Crippen LogP contribution in [0.15, 0.2) is 22.7 Å². The van der Waals surface area contributed by atoms with E-state index >= 15 is 0 Å². The molecule has 0 unspecified atom stereocenters. The molecular weight excluding hydrogens is 322 g/mol. The number of rotatable bonds is 2. The van der Waals surface area contributed by atoms with Crippen LogP contribution in [0.1, 0.15) is 0 Å². The zero-order valence-electron chi connectivity index (χ0n) is 7.29. The van der Waals surface area contributed by atoms with Gasteiger partial charge >= 0.3 is 12.3 Å². The van der Waals surface area contributed by atoms with E-state index in [0.717, 1.165) is 12.1 Å². The molecule has 0 aliphatic rings. The smallest absolute Gasteiger partial charge is 0.426 e. The van der Waals surface area contributed by atoms with Crippen LogP contribution in [0.4, 0.5) is 22.0 Å². The van der Waals surface area contributed by atoms with E-state index in [4.69, 9.17) is 11.6 Å². The summed E-state index contributed by atoms with van der Waals surface area (Å²) in [6.07, 6.45) is -11.0. The molecule has 1 nitrogen and oxygen atoms in total. The molecule has 0 N–H and O–H groups in total. The Labute approximate surface area is 100 Å². The van der Waals surface area contributed by atoms with E-state index in [0.29, 0.717) is 0 Å². The summed E-state index contributed by atoms with van der Waals surface area (Å²) < 4.78 is 64.1. The first kappa shape index (κ1) is 13.5. The lowest BCUT2D eigenvalue weighted by Crippen LogP contribution is -2.41. The second kappa shape index (κ2) is 4.37. The van der Waals surface area contributed by atoms with Crippen LogP contribution in [0.25, 0.3) is 0 Å². The molecule has 0 heterocycles. The van der Waals surface area contributed by atoms with Gasteiger partial charge in [0.25, 0.3) is 0 Å². The van der Waals surface area contributed by atoms with Gasteiger partial charge in [-0.15, -0.1) is 0 Å². The summed E-state index contributed by atoms with van der Waals surface area (Å²) in [6.45, 7) is 0. The van der Waals surface area contributed by atoms with Crippen molar-refractivity contribution in [1.82, 2.24) is 0 Å². The van der Waals surface area contributed by atoms with Gasteiger partial charge in [0.15, 0.2) is 0 Å². The summed E-state index contributed by atoms with van der Waals surface area (Å²) in [5.41, 5.74) is 0. The van der Waals surface area contributed by atoms with Crippen LogP contribution in [-0.2, 0) is 0 Å². The number of hydrogen-bond donors (Lipinski definition) is 0. The quantitative estimate of drug-likeness (QED) is 0.720. The van der Waals surface area contributed by atoms with E-state index < -0.39 is 18.0 Å². The highest BCUT2D eigenvalue weighted by molar-refractivity contribution is 9.10. The third kappa shape index (κ3) is 3.21. The van der Waals surface area contributed by atoms with Gasteiger partial charge in [-0.2, -0.15) is 22.0 Å². The topological polar surface area (TPSA) is 9.23 Å². The van der Waals surface area contributed by atoms with Gasteiger partial charge < -0.3 is 4.74 Å². The largest absolute Gasteiger partial charge is 0.499 e. The Morgan fingerprint density at radius 2 is 1.62 bits per heavy atom. The molecule has 0 aromatic heterocycles. The minimum Gasteiger partial charge on any atom is -0.426 e. The van der Waals surface area contributed by atoms with Crippen molar-refractivity contribution in [2.75, 3.05) is 0 Å². The molecule has 90 valence electrons. The lowest BCUT2D eigenvalue weighted by molar-refractivity contribution is -0.360. The standard InChI is InChI=1S/C8H3BrClF5O/c9-4-1-5(10)3-6(2-4)16-8(14,15)7(11,12)13/h1-3H. The van der Waals surface area contributed by atoms with Crippen molar-refractivity contribution < 1.29 is 26.7 Å². The van der Waals surface area contributed by atoms with Crippen molar-refractivity contribution in [3.8, 4) is 5.75 Å². The average molecular weight is 325 g/mol. The van der Waals surface area contributed by atoms with Crippen LogP contribution in [0, 0.1) is 0 Å². The van der Waals surface area contributed by atoms with Crippen molar-refractivity contribution in [2.24, 2.45) is 0 Å². The van der Waals surface area contributed by atoms with Crippen LogP contribution in [0.3, 0.4) is 0 Å². The molecule has 1 aromatic rings. The Kier molecular flexibility index (Phi) is 3.69. The zero-order valence-corrected chi connectivity index (χ0v) is 9.63. The molecule has 16 heavy (non-hydrogen) atoms. The summed E-state index contributed by atoms with van der Waals surface area (Å²) in [5.74, 6) is -0.679.